The van der Waals surface area contributed by atoms with Crippen molar-refractivity contribution < 1.29 is 39.7 Å². The first-order valence-corrected chi connectivity index (χ1v) is 11.1. The number of hydrogen-bond acceptors (Lipinski definition) is 4. The Morgan fingerprint density at radius 2 is 1.79 bits per heavy atom. The van der Waals surface area contributed by atoms with Gasteiger partial charge in [-0.15, -0.1) is 0 Å². The van der Waals surface area contributed by atoms with E-state index in [9.17, 15) is 14.7 Å². The van der Waals surface area contributed by atoms with Crippen molar-refractivity contribution in [2.75, 3.05) is 13.6 Å². The van der Waals surface area contributed by atoms with Crippen LogP contribution in [0, 0.1) is 0 Å². The molecule has 2 aromatic rings. The van der Waals surface area contributed by atoms with Gasteiger partial charge in [0.2, 0.25) is 0 Å². The minimum Gasteiger partial charge on any atom is -1.00 e. The zero-order valence-corrected chi connectivity index (χ0v) is 20.8. The van der Waals surface area contributed by atoms with E-state index in [4.69, 9.17) is 16.3 Å². The molecule has 0 aliphatic carbocycles. The van der Waals surface area contributed by atoms with Crippen molar-refractivity contribution in [1.29, 1.82) is 0 Å². The maximum Gasteiger partial charge on any atom is 1.00 e. The number of halogens is 1. The summed E-state index contributed by atoms with van der Waals surface area (Å²) in [6, 6.07) is 14.3. The van der Waals surface area contributed by atoms with Crippen molar-refractivity contribution in [3.05, 3.63) is 70.2 Å². The molecule has 2 aromatic carbocycles. The van der Waals surface area contributed by atoms with Crippen molar-refractivity contribution in [3.8, 4) is 0 Å². The van der Waals surface area contributed by atoms with Gasteiger partial charge in [0.05, 0.1) is 6.04 Å². The van der Waals surface area contributed by atoms with Crippen molar-refractivity contribution in [2.45, 2.75) is 57.8 Å². The number of likely N-dealkylation sites (N-methyl/N-ethyl adjacent to an activating group) is 1. The van der Waals surface area contributed by atoms with Crippen LogP contribution in [0.3, 0.4) is 0 Å². The predicted octanol–water partition coefficient (Wildman–Crippen LogP) is 1.75. The smallest absolute Gasteiger partial charge is 1.00 e. The van der Waals surface area contributed by atoms with Gasteiger partial charge in [0.15, 0.2) is 0 Å². The van der Waals surface area contributed by atoms with E-state index in [2.05, 4.69) is 6.07 Å². The fourth-order valence-electron chi connectivity index (χ4n) is 4.02. The molecule has 0 aromatic heterocycles. The van der Waals surface area contributed by atoms with Crippen LogP contribution < -0.4 is 18.9 Å². The van der Waals surface area contributed by atoms with Crippen LogP contribution in [0.15, 0.2) is 48.5 Å². The van der Waals surface area contributed by atoms with Gasteiger partial charge in [-0.1, -0.05) is 48.0 Å². The van der Waals surface area contributed by atoms with Gasteiger partial charge >= 0.3 is 30.9 Å². The fourth-order valence-corrected chi connectivity index (χ4v) is 4.15. The molecule has 8 heteroatoms. The molecule has 1 N–H and O–H groups in total. The second-order valence-corrected chi connectivity index (χ2v) is 9.80. The number of carbonyl (C=O) groups is 2. The molecule has 0 radical (unpaired) electrons. The summed E-state index contributed by atoms with van der Waals surface area (Å²) in [5.74, 6) is -0.900. The van der Waals surface area contributed by atoms with Gasteiger partial charge in [-0.3, -0.25) is 14.6 Å². The summed E-state index contributed by atoms with van der Waals surface area (Å²) in [6.45, 7) is 6.39. The SMILES string of the molecule is CN(CC1Cc2ccccc2CN1C(=O)OC(C)(C)C)C(Cc1ccc(Cl)cc1)C(=O)O.[H-].[Li+]. The number of ether oxygens (including phenoxy) is 1. The van der Waals surface area contributed by atoms with Gasteiger partial charge in [-0.2, -0.15) is 0 Å². The number of nitrogens with zero attached hydrogens (tertiary/aromatic N) is 2. The van der Waals surface area contributed by atoms with Crippen molar-refractivity contribution in [1.82, 2.24) is 9.80 Å². The molecule has 1 amide bonds. The third-order valence-corrected chi connectivity index (χ3v) is 5.89. The molecule has 1 aliphatic rings. The molecule has 3 rings (SSSR count). The molecule has 2 atom stereocenters. The predicted molar refractivity (Wildman–Crippen MR) is 126 cm³/mol. The number of carboxylic acids is 1. The second-order valence-electron chi connectivity index (χ2n) is 9.36. The summed E-state index contributed by atoms with van der Waals surface area (Å²) in [6.07, 6.45) is 0.612. The van der Waals surface area contributed by atoms with E-state index in [0.29, 0.717) is 31.0 Å². The molecule has 6 nitrogen and oxygen atoms in total. The van der Waals surface area contributed by atoms with Crippen LogP contribution in [0.4, 0.5) is 4.79 Å². The van der Waals surface area contributed by atoms with Crippen LogP contribution in [0.25, 0.3) is 0 Å². The third kappa shape index (κ3) is 7.51. The van der Waals surface area contributed by atoms with Gasteiger partial charge in [0.25, 0.3) is 0 Å². The zero-order chi connectivity index (χ0) is 23.5. The normalized spacial score (nSPS) is 16.5. The molecule has 33 heavy (non-hydrogen) atoms. The molecule has 0 fully saturated rings. The maximum atomic E-state index is 13.0. The molecule has 1 aliphatic heterocycles. The number of benzene rings is 2. The van der Waals surface area contributed by atoms with E-state index < -0.39 is 17.6 Å². The first kappa shape index (κ1) is 27.3. The Morgan fingerprint density at radius 1 is 1.18 bits per heavy atom. The number of hydrogen-bond donors (Lipinski definition) is 1. The van der Waals surface area contributed by atoms with Crippen LogP contribution >= 0.6 is 11.6 Å². The van der Waals surface area contributed by atoms with E-state index in [-0.39, 0.29) is 32.4 Å². The van der Waals surface area contributed by atoms with Gasteiger partial charge in [-0.25, -0.2) is 4.79 Å². The third-order valence-electron chi connectivity index (χ3n) is 5.64. The summed E-state index contributed by atoms with van der Waals surface area (Å²) in [7, 11) is 1.79. The van der Waals surface area contributed by atoms with Gasteiger partial charge in [0.1, 0.15) is 11.6 Å². The Morgan fingerprint density at radius 3 is 2.36 bits per heavy atom. The largest absolute Gasteiger partial charge is 1.00 e. The van der Waals surface area contributed by atoms with Gasteiger partial charge < -0.3 is 11.3 Å². The van der Waals surface area contributed by atoms with Crippen molar-refractivity contribution in [2.24, 2.45) is 0 Å². The Hall–Kier alpha value is -1.97. The first-order chi connectivity index (χ1) is 15.0. The summed E-state index contributed by atoms with van der Waals surface area (Å²) < 4.78 is 5.66. The van der Waals surface area contributed by atoms with Crippen LogP contribution in [0.1, 0.15) is 38.9 Å². The fraction of sp³-hybridized carbons (Fsp3) is 0.440. The monoisotopic (exact) mass is 466 g/mol. The van der Waals surface area contributed by atoms with E-state index >= 15 is 0 Å². The molecule has 1 heterocycles. The second kappa shape index (κ2) is 11.4. The Labute approximate surface area is 214 Å². The van der Waals surface area contributed by atoms with Gasteiger partial charge in [-0.05, 0) is 69.5 Å². The average molecular weight is 467 g/mol. The minimum absolute atomic E-state index is 0. The number of carboxylic acid groups (broad SMARTS) is 1. The topological polar surface area (TPSA) is 70.1 Å². The number of rotatable bonds is 6. The number of carbonyl (C=O) groups excluding carboxylic acids is 1. The Bertz CT molecular complexity index is 968. The van der Waals surface area contributed by atoms with E-state index in [1.807, 2.05) is 56.0 Å². The van der Waals surface area contributed by atoms with Crippen LogP contribution in [-0.2, 0) is 28.9 Å². The van der Waals surface area contributed by atoms with E-state index in [1.54, 1.807) is 24.1 Å². The molecular formula is C25H32ClLiN2O4. The summed E-state index contributed by atoms with van der Waals surface area (Å²) in [5, 5.41) is 10.5. The molecule has 0 spiro atoms. The van der Waals surface area contributed by atoms with E-state index in [1.165, 1.54) is 5.56 Å². The molecule has 174 valence electrons. The van der Waals surface area contributed by atoms with Crippen LogP contribution in [0.5, 0.6) is 0 Å². The number of amides is 1. The minimum atomic E-state index is -0.900. The van der Waals surface area contributed by atoms with Crippen molar-refractivity contribution >= 4 is 23.7 Å². The standard InChI is InChI=1S/C25H31ClN2O4.Li.H/c1-25(2,3)32-24(31)28-15-19-8-6-5-7-18(19)14-21(28)16-27(4)22(23(29)30)13-17-9-11-20(26)12-10-17;;/h5-12,21-22H,13-16H2,1-4H3,(H,29,30);;/q;+1;-1. The molecule has 0 saturated carbocycles. The summed E-state index contributed by atoms with van der Waals surface area (Å²) in [5.41, 5.74) is 2.55. The first-order valence-electron chi connectivity index (χ1n) is 10.8. The molecular weight excluding hydrogens is 435 g/mol. The maximum absolute atomic E-state index is 13.0. The molecule has 0 bridgehead atoms. The molecule has 2 unspecified atom stereocenters. The van der Waals surface area contributed by atoms with Crippen LogP contribution in [0.2, 0.25) is 5.02 Å². The summed E-state index contributed by atoms with van der Waals surface area (Å²) >= 11 is 5.96. The number of aliphatic carboxylic acids is 1. The number of fused-ring (bicyclic) bond motifs is 1. The Balaban J connectivity index is 0.00000289. The quantitative estimate of drug-likeness (QED) is 0.657. The molecule has 0 saturated heterocycles. The average Bonchev–Trinajstić information content (AvgIpc) is 2.71. The Kier molecular flexibility index (Phi) is 9.45. The van der Waals surface area contributed by atoms with Crippen molar-refractivity contribution in [3.63, 3.8) is 0 Å². The van der Waals surface area contributed by atoms with Gasteiger partial charge in [0, 0.05) is 18.1 Å². The van der Waals surface area contributed by atoms with Crippen LogP contribution in [-0.4, -0.2) is 58.2 Å². The zero-order valence-electron chi connectivity index (χ0n) is 21.0. The summed E-state index contributed by atoms with van der Waals surface area (Å²) in [4.78, 5) is 28.6. The van der Waals surface area contributed by atoms with E-state index in [0.717, 1.165) is 11.1 Å².